The van der Waals surface area contributed by atoms with Gasteiger partial charge in [0.15, 0.2) is 0 Å². The number of carbonyl (C=O) groups excluding carboxylic acids is 1. The van der Waals surface area contributed by atoms with Crippen molar-refractivity contribution in [2.75, 3.05) is 6.61 Å². The molecule has 0 saturated carbocycles. The summed E-state index contributed by atoms with van der Waals surface area (Å²) in [6, 6.07) is 4.56. The van der Waals surface area contributed by atoms with Crippen molar-refractivity contribution in [1.29, 1.82) is 0 Å². The Morgan fingerprint density at radius 2 is 2.24 bits per heavy atom. The van der Waals surface area contributed by atoms with Crippen LogP contribution in [0.3, 0.4) is 0 Å². The van der Waals surface area contributed by atoms with Crippen LogP contribution in [0.2, 0.25) is 0 Å². The lowest BCUT2D eigenvalue weighted by molar-refractivity contribution is 0.0671. The molecule has 1 fully saturated rings. The first-order valence-electron chi connectivity index (χ1n) is 7.30. The zero-order valence-electron chi connectivity index (χ0n) is 12.4. The maximum absolute atomic E-state index is 14.0. The maximum Gasteiger partial charge on any atom is 0.257 e. The summed E-state index contributed by atoms with van der Waals surface area (Å²) < 4.78 is 14.0. The van der Waals surface area contributed by atoms with Gasteiger partial charge in [-0.3, -0.25) is 4.79 Å². The van der Waals surface area contributed by atoms with E-state index < -0.39 is 5.82 Å². The summed E-state index contributed by atoms with van der Waals surface area (Å²) in [4.78, 5) is 14.5. The van der Waals surface area contributed by atoms with Crippen molar-refractivity contribution in [3.05, 3.63) is 35.1 Å². The van der Waals surface area contributed by atoms with Crippen molar-refractivity contribution in [2.45, 2.75) is 45.2 Å². The number of benzene rings is 1. The molecule has 1 aromatic rings. The van der Waals surface area contributed by atoms with E-state index in [9.17, 15) is 9.18 Å². The van der Waals surface area contributed by atoms with Gasteiger partial charge in [-0.25, -0.2) is 4.39 Å². The highest BCUT2D eigenvalue weighted by atomic mass is 19.1. The number of amides is 1. The Labute approximate surface area is 124 Å². The Balaban J connectivity index is 2.34. The van der Waals surface area contributed by atoms with Crippen molar-refractivity contribution < 1.29 is 14.3 Å². The maximum atomic E-state index is 14.0. The first kappa shape index (κ1) is 15.5. The molecule has 4 heteroatoms. The minimum absolute atomic E-state index is 0.0620. The number of carbonyl (C=O) groups is 1. The van der Waals surface area contributed by atoms with Crippen LogP contribution in [0.5, 0.6) is 0 Å². The Kier molecular flexibility index (Phi) is 4.98. The third kappa shape index (κ3) is 3.25. The van der Waals surface area contributed by atoms with E-state index in [4.69, 9.17) is 5.11 Å². The fourth-order valence-electron chi connectivity index (χ4n) is 2.89. The van der Waals surface area contributed by atoms with Crippen LogP contribution in [-0.2, 0) is 0 Å². The number of hydrogen-bond donors (Lipinski definition) is 1. The molecule has 2 atom stereocenters. The SMILES string of the molecule is CCC1CCC(C)N1C(=O)c1cc(C#CCO)ccc1F. The van der Waals surface area contributed by atoms with Crippen LogP contribution < -0.4 is 0 Å². The zero-order valence-corrected chi connectivity index (χ0v) is 12.4. The first-order chi connectivity index (χ1) is 10.1. The van der Waals surface area contributed by atoms with Crippen LogP contribution in [0.1, 0.15) is 49.0 Å². The molecule has 2 unspecified atom stereocenters. The van der Waals surface area contributed by atoms with E-state index in [1.165, 1.54) is 18.2 Å². The summed E-state index contributed by atoms with van der Waals surface area (Å²) in [5, 5.41) is 8.71. The van der Waals surface area contributed by atoms with Crippen molar-refractivity contribution in [2.24, 2.45) is 0 Å². The molecule has 0 aromatic heterocycles. The van der Waals surface area contributed by atoms with Crippen molar-refractivity contribution >= 4 is 5.91 Å². The number of nitrogens with zero attached hydrogens (tertiary/aromatic N) is 1. The second-order valence-corrected chi connectivity index (χ2v) is 5.36. The van der Waals surface area contributed by atoms with Gasteiger partial charge in [-0.1, -0.05) is 18.8 Å². The fourth-order valence-corrected chi connectivity index (χ4v) is 2.89. The molecule has 0 aliphatic carbocycles. The highest BCUT2D eigenvalue weighted by Crippen LogP contribution is 2.28. The molecular weight excluding hydrogens is 269 g/mol. The molecule has 1 aliphatic heterocycles. The molecule has 21 heavy (non-hydrogen) atoms. The quantitative estimate of drug-likeness (QED) is 0.850. The standard InChI is InChI=1S/C17H20FNO2/c1-3-14-8-6-12(2)19(14)17(21)15-11-13(5-4-10-20)7-9-16(15)18/h7,9,11-12,14,20H,3,6,8,10H2,1-2H3. The molecule has 112 valence electrons. The van der Waals surface area contributed by atoms with Gasteiger partial charge in [0.05, 0.1) is 5.56 Å². The molecule has 1 aliphatic rings. The van der Waals surface area contributed by atoms with Crippen LogP contribution in [-0.4, -0.2) is 34.6 Å². The number of aliphatic hydroxyl groups is 1. The van der Waals surface area contributed by atoms with E-state index >= 15 is 0 Å². The summed E-state index contributed by atoms with van der Waals surface area (Å²) in [5.74, 6) is 4.42. The van der Waals surface area contributed by atoms with Gasteiger partial charge in [0.2, 0.25) is 0 Å². The number of likely N-dealkylation sites (tertiary alicyclic amines) is 1. The Hall–Kier alpha value is -1.86. The van der Waals surface area contributed by atoms with E-state index in [1.807, 2.05) is 13.8 Å². The topological polar surface area (TPSA) is 40.5 Å². The predicted molar refractivity (Wildman–Crippen MR) is 79.3 cm³/mol. The molecular formula is C17H20FNO2. The Bertz CT molecular complexity index is 588. The van der Waals surface area contributed by atoms with Crippen molar-refractivity contribution in [1.82, 2.24) is 4.90 Å². The van der Waals surface area contributed by atoms with Crippen LogP contribution in [0, 0.1) is 17.7 Å². The van der Waals surface area contributed by atoms with Crippen LogP contribution in [0.15, 0.2) is 18.2 Å². The van der Waals surface area contributed by atoms with Gasteiger partial charge < -0.3 is 10.0 Å². The van der Waals surface area contributed by atoms with Gasteiger partial charge in [-0.2, -0.15) is 0 Å². The minimum atomic E-state index is -0.525. The molecule has 1 amide bonds. The third-order valence-electron chi connectivity index (χ3n) is 4.00. The zero-order chi connectivity index (χ0) is 15.4. The van der Waals surface area contributed by atoms with Crippen molar-refractivity contribution in [3.63, 3.8) is 0 Å². The molecule has 1 N–H and O–H groups in total. The Morgan fingerprint density at radius 3 is 2.90 bits per heavy atom. The monoisotopic (exact) mass is 289 g/mol. The lowest BCUT2D eigenvalue weighted by atomic mass is 10.1. The van der Waals surface area contributed by atoms with Crippen LogP contribution >= 0.6 is 0 Å². The van der Waals surface area contributed by atoms with Crippen LogP contribution in [0.25, 0.3) is 0 Å². The second-order valence-electron chi connectivity index (χ2n) is 5.36. The predicted octanol–water partition coefficient (Wildman–Crippen LogP) is 2.57. The molecule has 1 saturated heterocycles. The van der Waals surface area contributed by atoms with E-state index in [-0.39, 0.29) is 30.2 Å². The summed E-state index contributed by atoms with van der Waals surface area (Å²) in [6.07, 6.45) is 2.80. The fraction of sp³-hybridized carbons (Fsp3) is 0.471. The average Bonchev–Trinajstić information content (AvgIpc) is 2.86. The molecule has 3 nitrogen and oxygen atoms in total. The molecule has 0 radical (unpaired) electrons. The summed E-state index contributed by atoms with van der Waals surface area (Å²) >= 11 is 0. The van der Waals surface area contributed by atoms with E-state index in [2.05, 4.69) is 11.8 Å². The lowest BCUT2D eigenvalue weighted by Crippen LogP contribution is -2.40. The first-order valence-corrected chi connectivity index (χ1v) is 7.30. The average molecular weight is 289 g/mol. The summed E-state index contributed by atoms with van der Waals surface area (Å²) in [5.41, 5.74) is 0.598. The third-order valence-corrected chi connectivity index (χ3v) is 4.00. The van der Waals surface area contributed by atoms with Crippen LogP contribution in [0.4, 0.5) is 4.39 Å². The highest BCUT2D eigenvalue weighted by molar-refractivity contribution is 5.95. The minimum Gasteiger partial charge on any atom is -0.384 e. The molecule has 0 spiro atoms. The molecule has 0 bridgehead atoms. The van der Waals surface area contributed by atoms with Crippen molar-refractivity contribution in [3.8, 4) is 11.8 Å². The number of hydrogen-bond acceptors (Lipinski definition) is 2. The lowest BCUT2D eigenvalue weighted by Gasteiger charge is -2.28. The number of rotatable bonds is 2. The van der Waals surface area contributed by atoms with Gasteiger partial charge in [-0.05, 0) is 44.4 Å². The Morgan fingerprint density at radius 1 is 1.48 bits per heavy atom. The van der Waals surface area contributed by atoms with Gasteiger partial charge in [0.1, 0.15) is 12.4 Å². The second kappa shape index (κ2) is 6.73. The highest BCUT2D eigenvalue weighted by Gasteiger charge is 2.34. The van der Waals surface area contributed by atoms with Gasteiger partial charge in [-0.15, -0.1) is 0 Å². The summed E-state index contributed by atoms with van der Waals surface area (Å²) in [6.45, 7) is 3.78. The molecule has 1 aromatic carbocycles. The van der Waals surface area contributed by atoms with Gasteiger partial charge >= 0.3 is 0 Å². The largest absolute Gasteiger partial charge is 0.384 e. The number of halogens is 1. The van der Waals surface area contributed by atoms with Gasteiger partial charge in [0.25, 0.3) is 5.91 Å². The normalized spacial score (nSPS) is 21.0. The number of aliphatic hydroxyl groups excluding tert-OH is 1. The van der Waals surface area contributed by atoms with Gasteiger partial charge in [0, 0.05) is 17.6 Å². The van der Waals surface area contributed by atoms with E-state index in [1.54, 1.807) is 4.90 Å². The van der Waals surface area contributed by atoms with E-state index in [0.29, 0.717) is 5.56 Å². The van der Waals surface area contributed by atoms with E-state index in [0.717, 1.165) is 19.3 Å². The summed E-state index contributed by atoms with van der Waals surface area (Å²) in [7, 11) is 0. The molecule has 2 rings (SSSR count). The smallest absolute Gasteiger partial charge is 0.257 e. The molecule has 1 heterocycles.